The van der Waals surface area contributed by atoms with E-state index in [1.165, 1.54) is 0 Å². The standard InChI is InChI=1S/C11H12O5S/c12-11(13)16-9-6-7-17(14,15)10(9)8-4-2-1-3-5-8/h1-5,9-10H,6-7H2,(H,12,13). The molecule has 1 heterocycles. The Morgan fingerprint density at radius 1 is 1.29 bits per heavy atom. The van der Waals surface area contributed by atoms with E-state index in [1.54, 1.807) is 30.3 Å². The Morgan fingerprint density at radius 2 is 1.94 bits per heavy atom. The van der Waals surface area contributed by atoms with Crippen LogP contribution in [0.4, 0.5) is 4.79 Å². The second-order valence-electron chi connectivity index (χ2n) is 3.91. The SMILES string of the molecule is O=C(O)OC1CCS(=O)(=O)C1c1ccccc1. The summed E-state index contributed by atoms with van der Waals surface area (Å²) in [6, 6.07) is 8.57. The van der Waals surface area contributed by atoms with Crippen molar-refractivity contribution in [3.8, 4) is 0 Å². The van der Waals surface area contributed by atoms with Crippen molar-refractivity contribution in [2.45, 2.75) is 17.8 Å². The second-order valence-corrected chi connectivity index (χ2v) is 6.15. The Kier molecular flexibility index (Phi) is 3.06. The number of ether oxygens (including phenoxy) is 1. The number of carboxylic acid groups (broad SMARTS) is 1. The van der Waals surface area contributed by atoms with Gasteiger partial charge in [0.15, 0.2) is 9.84 Å². The van der Waals surface area contributed by atoms with Gasteiger partial charge in [0, 0.05) is 6.42 Å². The fraction of sp³-hybridized carbons (Fsp3) is 0.364. The van der Waals surface area contributed by atoms with E-state index in [9.17, 15) is 13.2 Å². The summed E-state index contributed by atoms with van der Waals surface area (Å²) in [5.74, 6) is -0.0372. The van der Waals surface area contributed by atoms with Gasteiger partial charge in [-0.1, -0.05) is 30.3 Å². The summed E-state index contributed by atoms with van der Waals surface area (Å²) >= 11 is 0. The summed E-state index contributed by atoms with van der Waals surface area (Å²) in [6.45, 7) is 0. The van der Waals surface area contributed by atoms with Crippen LogP contribution in [0.5, 0.6) is 0 Å². The highest BCUT2D eigenvalue weighted by atomic mass is 32.2. The van der Waals surface area contributed by atoms with Crippen LogP contribution in [-0.2, 0) is 14.6 Å². The van der Waals surface area contributed by atoms with Crippen molar-refractivity contribution in [2.75, 3.05) is 5.75 Å². The van der Waals surface area contributed by atoms with Gasteiger partial charge in [-0.15, -0.1) is 0 Å². The van der Waals surface area contributed by atoms with Crippen molar-refractivity contribution in [1.82, 2.24) is 0 Å². The first-order chi connectivity index (χ1) is 8.00. The lowest BCUT2D eigenvalue weighted by Crippen LogP contribution is -2.23. The van der Waals surface area contributed by atoms with Crippen LogP contribution in [0.25, 0.3) is 0 Å². The zero-order valence-electron chi connectivity index (χ0n) is 8.94. The zero-order chi connectivity index (χ0) is 12.5. The van der Waals surface area contributed by atoms with Gasteiger partial charge < -0.3 is 9.84 Å². The van der Waals surface area contributed by atoms with E-state index in [0.717, 1.165) is 0 Å². The molecule has 1 aliphatic rings. The van der Waals surface area contributed by atoms with E-state index in [2.05, 4.69) is 4.74 Å². The van der Waals surface area contributed by atoms with E-state index in [4.69, 9.17) is 5.11 Å². The number of hydrogen-bond donors (Lipinski definition) is 1. The van der Waals surface area contributed by atoms with Gasteiger partial charge in [0.25, 0.3) is 0 Å². The van der Waals surface area contributed by atoms with Crippen molar-refractivity contribution in [1.29, 1.82) is 0 Å². The Morgan fingerprint density at radius 3 is 2.53 bits per heavy atom. The third-order valence-electron chi connectivity index (χ3n) is 2.79. The third kappa shape index (κ3) is 2.41. The minimum atomic E-state index is -3.32. The van der Waals surface area contributed by atoms with Gasteiger partial charge in [-0.25, -0.2) is 13.2 Å². The molecular formula is C11H12O5S. The van der Waals surface area contributed by atoms with Crippen LogP contribution in [-0.4, -0.2) is 31.5 Å². The monoisotopic (exact) mass is 256 g/mol. The third-order valence-corrected chi connectivity index (χ3v) is 4.95. The van der Waals surface area contributed by atoms with E-state index < -0.39 is 27.3 Å². The quantitative estimate of drug-likeness (QED) is 0.813. The van der Waals surface area contributed by atoms with E-state index in [-0.39, 0.29) is 12.2 Å². The lowest BCUT2D eigenvalue weighted by atomic mass is 10.1. The molecule has 1 N–H and O–H groups in total. The van der Waals surface area contributed by atoms with Crippen LogP contribution in [0.15, 0.2) is 30.3 Å². The van der Waals surface area contributed by atoms with Crippen molar-refractivity contribution >= 4 is 16.0 Å². The van der Waals surface area contributed by atoms with E-state index in [0.29, 0.717) is 5.56 Å². The van der Waals surface area contributed by atoms with Crippen molar-refractivity contribution in [3.05, 3.63) is 35.9 Å². The molecule has 2 rings (SSSR count). The molecule has 5 nitrogen and oxygen atoms in total. The maximum Gasteiger partial charge on any atom is 0.506 e. The largest absolute Gasteiger partial charge is 0.506 e. The summed E-state index contributed by atoms with van der Waals surface area (Å²) in [7, 11) is -3.32. The van der Waals surface area contributed by atoms with Gasteiger partial charge >= 0.3 is 6.16 Å². The highest BCUT2D eigenvalue weighted by Crippen LogP contribution is 2.36. The molecule has 0 saturated carbocycles. The molecule has 92 valence electrons. The molecule has 0 aromatic heterocycles. The summed E-state index contributed by atoms with van der Waals surface area (Å²) < 4.78 is 28.4. The minimum absolute atomic E-state index is 0.0372. The molecule has 1 aromatic rings. The molecule has 1 fully saturated rings. The van der Waals surface area contributed by atoms with Gasteiger partial charge in [-0.05, 0) is 5.56 Å². The van der Waals surface area contributed by atoms with Crippen molar-refractivity contribution in [2.24, 2.45) is 0 Å². The highest BCUT2D eigenvalue weighted by molar-refractivity contribution is 7.92. The lowest BCUT2D eigenvalue weighted by Gasteiger charge is -2.17. The molecule has 0 aliphatic carbocycles. The maximum absolute atomic E-state index is 11.9. The predicted molar refractivity (Wildman–Crippen MR) is 60.5 cm³/mol. The van der Waals surface area contributed by atoms with Crippen LogP contribution in [0.1, 0.15) is 17.2 Å². The van der Waals surface area contributed by atoms with Crippen LogP contribution < -0.4 is 0 Å². The molecule has 1 aromatic carbocycles. The van der Waals surface area contributed by atoms with Gasteiger partial charge in [0.1, 0.15) is 11.4 Å². The molecule has 1 aliphatic heterocycles. The molecule has 2 unspecified atom stereocenters. The summed E-state index contributed by atoms with van der Waals surface area (Å²) in [4.78, 5) is 10.5. The lowest BCUT2D eigenvalue weighted by molar-refractivity contribution is 0.0520. The summed E-state index contributed by atoms with van der Waals surface area (Å²) in [5.41, 5.74) is 0.580. The first kappa shape index (κ1) is 11.9. The van der Waals surface area contributed by atoms with Gasteiger partial charge in [0.2, 0.25) is 0 Å². The van der Waals surface area contributed by atoms with Crippen molar-refractivity contribution in [3.63, 3.8) is 0 Å². The Balaban J connectivity index is 2.35. The topological polar surface area (TPSA) is 80.7 Å². The number of rotatable bonds is 2. The van der Waals surface area contributed by atoms with Crippen LogP contribution >= 0.6 is 0 Å². The highest BCUT2D eigenvalue weighted by Gasteiger charge is 2.43. The predicted octanol–water partition coefficient (Wildman–Crippen LogP) is 1.61. The first-order valence-corrected chi connectivity index (χ1v) is 6.88. The molecule has 0 amide bonds. The average Bonchev–Trinajstić information content (AvgIpc) is 2.54. The normalized spacial score (nSPS) is 26.6. The Bertz CT molecular complexity index is 508. The van der Waals surface area contributed by atoms with Crippen LogP contribution in [0.2, 0.25) is 0 Å². The number of benzene rings is 1. The zero-order valence-corrected chi connectivity index (χ0v) is 9.76. The smallest absolute Gasteiger partial charge is 0.450 e. The minimum Gasteiger partial charge on any atom is -0.450 e. The molecule has 2 atom stereocenters. The van der Waals surface area contributed by atoms with Crippen LogP contribution in [0.3, 0.4) is 0 Å². The van der Waals surface area contributed by atoms with Gasteiger partial charge in [0.05, 0.1) is 5.75 Å². The molecule has 0 bridgehead atoms. The van der Waals surface area contributed by atoms with E-state index in [1.807, 2.05) is 0 Å². The van der Waals surface area contributed by atoms with Gasteiger partial charge in [-0.3, -0.25) is 0 Å². The molecule has 1 saturated heterocycles. The average molecular weight is 256 g/mol. The summed E-state index contributed by atoms with van der Waals surface area (Å²) in [6.07, 6.45) is -2.03. The second kappa shape index (κ2) is 4.37. The number of hydrogen-bond acceptors (Lipinski definition) is 4. The first-order valence-electron chi connectivity index (χ1n) is 5.17. The number of carbonyl (C=O) groups is 1. The molecule has 0 radical (unpaired) electrons. The number of sulfone groups is 1. The molecule has 17 heavy (non-hydrogen) atoms. The Labute approximate surface area is 98.9 Å². The molecule has 6 heteroatoms. The fourth-order valence-corrected chi connectivity index (χ4v) is 4.15. The molecule has 0 spiro atoms. The van der Waals surface area contributed by atoms with E-state index >= 15 is 0 Å². The van der Waals surface area contributed by atoms with Crippen LogP contribution in [0, 0.1) is 0 Å². The molecular weight excluding hydrogens is 244 g/mol. The van der Waals surface area contributed by atoms with Crippen molar-refractivity contribution < 1.29 is 23.1 Å². The fourth-order valence-electron chi connectivity index (χ4n) is 2.10. The maximum atomic E-state index is 11.9. The van der Waals surface area contributed by atoms with Gasteiger partial charge in [-0.2, -0.15) is 0 Å². The Hall–Kier alpha value is -1.56. The summed E-state index contributed by atoms with van der Waals surface area (Å²) in [5, 5.41) is 7.72.